The zero-order valence-electron chi connectivity index (χ0n) is 26.7. The Labute approximate surface area is 272 Å². The van der Waals surface area contributed by atoms with Gasteiger partial charge in [0, 0.05) is 6.66 Å². The average Bonchev–Trinajstić information content (AvgIpc) is 3.87. The number of benzene rings is 10. The van der Waals surface area contributed by atoms with Crippen LogP contribution in [0.15, 0.2) is 36.4 Å². The summed E-state index contributed by atoms with van der Waals surface area (Å²) in [6.45, 7) is 5.92. The Morgan fingerprint density at radius 3 is 0.812 bits per heavy atom. The molecular weight excluding hydrogens is 607 g/mol. The van der Waals surface area contributed by atoms with E-state index in [9.17, 15) is 4.57 Å². The van der Waals surface area contributed by atoms with Crippen molar-refractivity contribution in [3.8, 4) is 0 Å². The van der Waals surface area contributed by atoms with Crippen LogP contribution in [0.1, 0.15) is 47.2 Å². The van der Waals surface area contributed by atoms with Crippen LogP contribution in [0.2, 0.25) is 0 Å². The third-order valence-corrected chi connectivity index (χ3v) is 14.8. The van der Waals surface area contributed by atoms with Crippen molar-refractivity contribution >= 4 is 137 Å². The molecule has 224 valence electrons. The molecule has 0 aromatic heterocycles. The predicted molar refractivity (Wildman–Crippen MR) is 202 cm³/mol. The Hall–Kier alpha value is -4.53. The highest BCUT2D eigenvalue weighted by Crippen LogP contribution is 2.67. The summed E-state index contributed by atoms with van der Waals surface area (Å²) >= 11 is 0. The van der Waals surface area contributed by atoms with Crippen LogP contribution in [-0.2, 0) is 32.9 Å². The monoisotopic (exact) mass is 632 g/mol. The molecule has 0 fully saturated rings. The fraction of sp³-hybridized carbons (Fsp3) is 0.182. The minimum Gasteiger partial charge on any atom is -0.309 e. The summed E-state index contributed by atoms with van der Waals surface area (Å²) < 4.78 is 20.6. The van der Waals surface area contributed by atoms with Gasteiger partial charge in [-0.05, 0) is 196 Å². The zero-order chi connectivity index (χ0) is 31.0. The Bertz CT molecular complexity index is 3040. The molecule has 0 aliphatic heterocycles. The fourth-order valence-corrected chi connectivity index (χ4v) is 13.5. The summed E-state index contributed by atoms with van der Waals surface area (Å²) in [6.07, 6.45) is 3.26. The van der Waals surface area contributed by atoms with Crippen molar-refractivity contribution in [1.82, 2.24) is 0 Å². The van der Waals surface area contributed by atoms with Gasteiger partial charge in [-0.25, -0.2) is 0 Å². The molecule has 13 aromatic carbocycles. The van der Waals surface area contributed by atoms with Crippen molar-refractivity contribution in [3.05, 3.63) is 69.8 Å². The lowest BCUT2D eigenvalue weighted by Gasteiger charge is -2.11. The highest BCUT2D eigenvalue weighted by molar-refractivity contribution is 7.52. The van der Waals surface area contributed by atoms with E-state index in [0.717, 1.165) is 19.3 Å². The third-order valence-electron chi connectivity index (χ3n) is 13.4. The Kier molecular flexibility index (Phi) is 3.31. The second-order valence-electron chi connectivity index (χ2n) is 15.4. The van der Waals surface area contributed by atoms with Crippen molar-refractivity contribution < 1.29 is 13.6 Å². The Morgan fingerprint density at radius 2 is 0.604 bits per heavy atom. The predicted octanol–water partition coefficient (Wildman–Crippen LogP) is 12.1. The van der Waals surface area contributed by atoms with Crippen LogP contribution in [0.5, 0.6) is 0 Å². The quantitative estimate of drug-likeness (QED) is 0.143. The van der Waals surface area contributed by atoms with Gasteiger partial charge < -0.3 is 9.05 Å². The summed E-state index contributed by atoms with van der Waals surface area (Å²) in [4.78, 5) is 0. The maximum absolute atomic E-state index is 11.0. The lowest BCUT2D eigenvalue weighted by molar-refractivity contribution is 0.225. The molecule has 0 N–H and O–H groups in total. The molecule has 48 heavy (non-hydrogen) atoms. The topological polar surface area (TPSA) is 35.5 Å². The van der Waals surface area contributed by atoms with Gasteiger partial charge in [-0.2, -0.15) is 0 Å². The molecule has 0 heterocycles. The molecule has 0 radical (unpaired) electrons. The molecule has 0 amide bonds. The van der Waals surface area contributed by atoms with E-state index in [2.05, 4.69) is 36.4 Å². The van der Waals surface area contributed by atoms with Crippen LogP contribution in [0.25, 0.3) is 129 Å². The van der Waals surface area contributed by atoms with Gasteiger partial charge in [-0.1, -0.05) is 36.4 Å². The second-order valence-corrected chi connectivity index (χ2v) is 17.5. The number of hydrogen-bond donors (Lipinski definition) is 0. The third kappa shape index (κ3) is 2.02. The van der Waals surface area contributed by atoms with Gasteiger partial charge in [-0.3, -0.25) is 4.57 Å². The molecule has 3 aliphatic rings. The SMILES string of the molecule is CCOP(C)(=O)OCC.c1c2c3c4c(cc5cc6c7c8c(cc9cc%10c%11c%12c(cc1c1c3c3c%13c4c5c7c%13c4c8c9c%11c4c3c%121)C%10)C6)C2. The molecule has 0 spiro atoms. The van der Waals surface area contributed by atoms with Gasteiger partial charge in [0.1, 0.15) is 0 Å². The van der Waals surface area contributed by atoms with E-state index < -0.39 is 7.60 Å². The molecule has 16 rings (SSSR count). The molecule has 0 unspecified atom stereocenters. The summed E-state index contributed by atoms with van der Waals surface area (Å²) in [5.74, 6) is 0. The van der Waals surface area contributed by atoms with Gasteiger partial charge in [0.15, 0.2) is 0 Å². The van der Waals surface area contributed by atoms with Crippen molar-refractivity contribution in [3.63, 3.8) is 0 Å². The van der Waals surface area contributed by atoms with Crippen LogP contribution in [0, 0.1) is 0 Å². The standard InChI is InChI=1S/C39H12.C5H13O3P/c1-10-4-16-6-12-2-14-8-18-9-15-3-13-7-17-5-11(1)20-19(10)28-25(16)30-21(12)23(14)32-27(18)33-24(15)22(13)31-26(17)29(20)35-34(28)36(30)38(32)39(33)37(31)35;1-4-7-9(3,6)8-5-2/h4-9H,1-3H2;4-5H2,1-3H3. The van der Waals surface area contributed by atoms with E-state index in [-0.39, 0.29) is 0 Å². The molecule has 3 nitrogen and oxygen atoms in total. The van der Waals surface area contributed by atoms with E-state index in [1.807, 2.05) is 0 Å². The van der Waals surface area contributed by atoms with Crippen LogP contribution in [-0.4, -0.2) is 19.9 Å². The van der Waals surface area contributed by atoms with E-state index in [1.54, 1.807) is 160 Å². The summed E-state index contributed by atoms with van der Waals surface area (Å²) in [5, 5.41) is 38.2. The molecular formula is C44H25O3P. The summed E-state index contributed by atoms with van der Waals surface area (Å²) in [6, 6.07) is 15.6. The molecule has 13 aromatic rings. The van der Waals surface area contributed by atoms with Gasteiger partial charge in [0.25, 0.3) is 0 Å². The molecule has 0 saturated carbocycles. The van der Waals surface area contributed by atoms with Crippen LogP contribution < -0.4 is 0 Å². The van der Waals surface area contributed by atoms with E-state index in [0.29, 0.717) is 13.2 Å². The molecule has 4 heteroatoms. The molecule has 0 atom stereocenters. The normalized spacial score (nSPS) is 16.0. The van der Waals surface area contributed by atoms with Crippen molar-refractivity contribution in [2.75, 3.05) is 19.9 Å². The fourth-order valence-electron chi connectivity index (χ4n) is 12.5. The van der Waals surface area contributed by atoms with Crippen LogP contribution in [0.3, 0.4) is 0 Å². The number of rotatable bonds is 4. The maximum atomic E-state index is 11.0. The summed E-state index contributed by atoms with van der Waals surface area (Å²) in [5.41, 5.74) is 9.44. The van der Waals surface area contributed by atoms with Gasteiger partial charge >= 0.3 is 7.60 Å². The van der Waals surface area contributed by atoms with Crippen LogP contribution >= 0.6 is 7.60 Å². The van der Waals surface area contributed by atoms with Crippen LogP contribution in [0.4, 0.5) is 0 Å². The minimum absolute atomic E-state index is 0.438. The van der Waals surface area contributed by atoms with E-state index in [4.69, 9.17) is 9.05 Å². The first-order chi connectivity index (χ1) is 23.5. The van der Waals surface area contributed by atoms with E-state index in [1.165, 1.54) is 22.8 Å². The first-order valence-corrected chi connectivity index (χ1v) is 19.6. The second kappa shape index (κ2) is 6.69. The summed E-state index contributed by atoms with van der Waals surface area (Å²) in [7, 11) is -2.69. The number of hydrogen-bond acceptors (Lipinski definition) is 3. The lowest BCUT2D eigenvalue weighted by atomic mass is 9.90. The zero-order valence-corrected chi connectivity index (χ0v) is 27.6. The first kappa shape index (κ1) is 23.7. The van der Waals surface area contributed by atoms with Gasteiger partial charge in [0.05, 0.1) is 13.2 Å². The maximum Gasteiger partial charge on any atom is 0.327 e. The largest absolute Gasteiger partial charge is 0.327 e. The lowest BCUT2D eigenvalue weighted by Crippen LogP contribution is -1.92. The first-order valence-electron chi connectivity index (χ1n) is 17.6. The highest BCUT2D eigenvalue weighted by Gasteiger charge is 2.40. The molecule has 3 aliphatic carbocycles. The van der Waals surface area contributed by atoms with Gasteiger partial charge in [0.2, 0.25) is 0 Å². The Morgan fingerprint density at radius 1 is 0.396 bits per heavy atom. The Balaban J connectivity index is 0.000000240. The van der Waals surface area contributed by atoms with Crippen molar-refractivity contribution in [2.45, 2.75) is 33.1 Å². The molecule has 0 saturated heterocycles. The van der Waals surface area contributed by atoms with Crippen molar-refractivity contribution in [2.24, 2.45) is 0 Å². The van der Waals surface area contributed by atoms with Crippen molar-refractivity contribution in [1.29, 1.82) is 0 Å². The average molecular weight is 633 g/mol. The van der Waals surface area contributed by atoms with E-state index >= 15 is 0 Å². The highest BCUT2D eigenvalue weighted by atomic mass is 31.2. The minimum atomic E-state index is -2.69. The molecule has 0 bridgehead atoms. The smallest absolute Gasteiger partial charge is 0.309 e. The van der Waals surface area contributed by atoms with Gasteiger partial charge in [-0.15, -0.1) is 0 Å².